The zero-order valence-corrected chi connectivity index (χ0v) is 13.7. The van der Waals surface area contributed by atoms with Gasteiger partial charge in [-0.15, -0.1) is 13.2 Å². The number of carbonyl (C=O) groups excluding carboxylic acids is 1. The van der Waals surface area contributed by atoms with E-state index < -0.39 is 18.0 Å². The summed E-state index contributed by atoms with van der Waals surface area (Å²) in [6, 6.07) is 10.2. The molecule has 7 nitrogen and oxygen atoms in total. The predicted octanol–water partition coefficient (Wildman–Crippen LogP) is 2.54. The molecule has 0 atom stereocenters. The second kappa shape index (κ2) is 7.16. The third-order valence-corrected chi connectivity index (χ3v) is 3.81. The van der Waals surface area contributed by atoms with E-state index in [-0.39, 0.29) is 18.7 Å². The fraction of sp³-hybridized carbons (Fsp3) is 0.176. The van der Waals surface area contributed by atoms with Crippen LogP contribution >= 0.6 is 0 Å². The van der Waals surface area contributed by atoms with Crippen molar-refractivity contribution >= 4 is 17.0 Å². The van der Waals surface area contributed by atoms with Crippen LogP contribution in [0.25, 0.3) is 22.2 Å². The maximum absolute atomic E-state index is 12.2. The van der Waals surface area contributed by atoms with Crippen LogP contribution in [-0.2, 0) is 11.3 Å². The molecular weight excluding hydrogens is 367 g/mol. The molecule has 0 aliphatic heterocycles. The first-order valence-corrected chi connectivity index (χ1v) is 7.76. The zero-order valence-electron chi connectivity index (χ0n) is 13.7. The van der Waals surface area contributed by atoms with Crippen LogP contribution in [0, 0.1) is 0 Å². The van der Waals surface area contributed by atoms with Crippen molar-refractivity contribution in [3.63, 3.8) is 0 Å². The number of carbonyl (C=O) groups is 1. The molecular formula is C17H14F3N3O4. The van der Waals surface area contributed by atoms with Crippen LogP contribution in [0.15, 0.2) is 51.7 Å². The van der Waals surface area contributed by atoms with Gasteiger partial charge in [-0.3, -0.25) is 14.8 Å². The maximum Gasteiger partial charge on any atom is 0.573 e. The fourth-order valence-corrected chi connectivity index (χ4v) is 2.59. The van der Waals surface area contributed by atoms with Crippen molar-refractivity contribution in [2.45, 2.75) is 19.3 Å². The molecule has 3 aromatic rings. The number of amides is 1. The molecule has 142 valence electrons. The lowest BCUT2D eigenvalue weighted by Crippen LogP contribution is -2.31. The topological polar surface area (TPSA) is 99.5 Å². The first kappa shape index (κ1) is 18.5. The van der Waals surface area contributed by atoms with Crippen molar-refractivity contribution in [3.05, 3.63) is 53.0 Å². The van der Waals surface area contributed by atoms with Crippen molar-refractivity contribution in [3.8, 4) is 16.9 Å². The molecule has 1 amide bonds. The van der Waals surface area contributed by atoms with Gasteiger partial charge in [-0.05, 0) is 35.4 Å². The minimum atomic E-state index is -4.76. The Bertz CT molecular complexity index is 1020. The predicted molar refractivity (Wildman–Crippen MR) is 89.5 cm³/mol. The van der Waals surface area contributed by atoms with Crippen molar-refractivity contribution in [1.29, 1.82) is 0 Å². The van der Waals surface area contributed by atoms with Gasteiger partial charge in [0.15, 0.2) is 5.58 Å². The van der Waals surface area contributed by atoms with Crippen LogP contribution in [0.1, 0.15) is 6.42 Å². The van der Waals surface area contributed by atoms with E-state index >= 15 is 0 Å². The number of oxazole rings is 1. The number of alkyl halides is 3. The Labute approximate surface area is 150 Å². The summed E-state index contributed by atoms with van der Waals surface area (Å²) in [5.41, 5.74) is 4.03. The van der Waals surface area contributed by atoms with E-state index in [4.69, 9.17) is 10.3 Å². The fourth-order valence-electron chi connectivity index (χ4n) is 2.59. The number of aryl methyl sites for hydroxylation is 1. The minimum absolute atomic E-state index is 0.0151. The van der Waals surface area contributed by atoms with Gasteiger partial charge in [0.05, 0.1) is 5.52 Å². The Hall–Kier alpha value is -3.27. The van der Waals surface area contributed by atoms with Crippen molar-refractivity contribution in [1.82, 2.24) is 9.99 Å². The molecule has 0 fully saturated rings. The van der Waals surface area contributed by atoms with Gasteiger partial charge in [-0.25, -0.2) is 10.6 Å². The minimum Gasteiger partial charge on any atom is -0.408 e. The quantitative estimate of drug-likeness (QED) is 0.402. The van der Waals surface area contributed by atoms with E-state index in [1.54, 1.807) is 18.2 Å². The van der Waals surface area contributed by atoms with Crippen LogP contribution in [0.4, 0.5) is 13.2 Å². The molecule has 2 aromatic carbocycles. The van der Waals surface area contributed by atoms with Crippen LogP contribution in [0.5, 0.6) is 5.75 Å². The summed E-state index contributed by atoms with van der Waals surface area (Å²) in [5.74, 6) is 3.63. The van der Waals surface area contributed by atoms with E-state index in [9.17, 15) is 22.8 Å². The molecule has 0 radical (unpaired) electrons. The van der Waals surface area contributed by atoms with E-state index in [1.165, 1.54) is 28.8 Å². The average Bonchev–Trinajstić information content (AvgIpc) is 2.93. The number of nitrogens with two attached hydrogens (primary N) is 1. The van der Waals surface area contributed by atoms with E-state index in [2.05, 4.69) is 4.74 Å². The number of nitrogens with one attached hydrogen (secondary N) is 1. The summed E-state index contributed by atoms with van der Waals surface area (Å²) in [5, 5.41) is 0. The highest BCUT2D eigenvalue weighted by Crippen LogP contribution is 2.28. The molecule has 0 spiro atoms. The molecule has 0 bridgehead atoms. The summed E-state index contributed by atoms with van der Waals surface area (Å²) in [6.07, 6.45) is -4.78. The highest BCUT2D eigenvalue weighted by Gasteiger charge is 2.30. The lowest BCUT2D eigenvalue weighted by molar-refractivity contribution is -0.274. The van der Waals surface area contributed by atoms with Crippen LogP contribution in [-0.4, -0.2) is 16.8 Å². The lowest BCUT2D eigenvalue weighted by Gasteiger charge is -2.09. The molecule has 0 unspecified atom stereocenters. The van der Waals surface area contributed by atoms with Gasteiger partial charge in [-0.1, -0.05) is 18.2 Å². The molecule has 3 N–H and O–H groups in total. The molecule has 27 heavy (non-hydrogen) atoms. The van der Waals surface area contributed by atoms with E-state index in [0.29, 0.717) is 22.2 Å². The standard InChI is InChI=1S/C17H14F3N3O4/c18-17(19,20)27-12-4-1-10(2-5-12)11-3-6-14-13(9-11)23(16(25)26-14)8-7-15(24)22-21/h1-6,9H,7-8,21H2,(H,22,24). The van der Waals surface area contributed by atoms with Crippen LogP contribution in [0.3, 0.4) is 0 Å². The first-order valence-electron chi connectivity index (χ1n) is 7.76. The Morgan fingerprint density at radius 3 is 2.44 bits per heavy atom. The summed E-state index contributed by atoms with van der Waals surface area (Å²) < 4.78 is 47.0. The van der Waals surface area contributed by atoms with E-state index in [1.807, 2.05) is 5.43 Å². The molecule has 0 aliphatic rings. The largest absolute Gasteiger partial charge is 0.573 e. The molecule has 0 saturated carbocycles. The molecule has 3 rings (SSSR count). The van der Waals surface area contributed by atoms with E-state index in [0.717, 1.165) is 0 Å². The van der Waals surface area contributed by atoms with Gasteiger partial charge in [0.1, 0.15) is 5.75 Å². The van der Waals surface area contributed by atoms with Gasteiger partial charge in [0, 0.05) is 13.0 Å². The summed E-state index contributed by atoms with van der Waals surface area (Å²) in [6.45, 7) is 0.0662. The van der Waals surface area contributed by atoms with Crippen LogP contribution in [0.2, 0.25) is 0 Å². The normalized spacial score (nSPS) is 11.6. The number of aromatic nitrogens is 1. The molecule has 1 heterocycles. The maximum atomic E-state index is 12.2. The van der Waals surface area contributed by atoms with Gasteiger partial charge in [0.2, 0.25) is 5.91 Å². The van der Waals surface area contributed by atoms with Gasteiger partial charge < -0.3 is 9.15 Å². The third kappa shape index (κ3) is 4.29. The number of rotatable bonds is 5. The second-order valence-electron chi connectivity index (χ2n) is 5.59. The van der Waals surface area contributed by atoms with Crippen molar-refractivity contribution in [2.75, 3.05) is 0 Å². The Kier molecular flexibility index (Phi) is 4.91. The second-order valence-corrected chi connectivity index (χ2v) is 5.59. The van der Waals surface area contributed by atoms with Crippen LogP contribution < -0.4 is 21.8 Å². The number of benzene rings is 2. The third-order valence-electron chi connectivity index (χ3n) is 3.81. The molecule has 1 aromatic heterocycles. The lowest BCUT2D eigenvalue weighted by atomic mass is 10.1. The van der Waals surface area contributed by atoms with Crippen molar-refractivity contribution < 1.29 is 27.1 Å². The highest BCUT2D eigenvalue weighted by molar-refractivity contribution is 5.81. The number of hydrogen-bond acceptors (Lipinski definition) is 5. The Morgan fingerprint density at radius 1 is 1.15 bits per heavy atom. The van der Waals surface area contributed by atoms with Crippen molar-refractivity contribution in [2.24, 2.45) is 5.84 Å². The molecule has 0 saturated heterocycles. The number of hydrazine groups is 1. The number of fused-ring (bicyclic) bond motifs is 1. The average molecular weight is 381 g/mol. The summed E-state index contributed by atoms with van der Waals surface area (Å²) >= 11 is 0. The number of nitrogens with zero attached hydrogens (tertiary/aromatic N) is 1. The molecule has 0 aliphatic carbocycles. The molecule has 10 heteroatoms. The summed E-state index contributed by atoms with van der Waals surface area (Å²) in [7, 11) is 0. The van der Waals surface area contributed by atoms with Gasteiger partial charge in [-0.2, -0.15) is 0 Å². The summed E-state index contributed by atoms with van der Waals surface area (Å²) in [4.78, 5) is 23.3. The van der Waals surface area contributed by atoms with Gasteiger partial charge in [0.25, 0.3) is 0 Å². The number of hydrogen-bond donors (Lipinski definition) is 2. The Balaban J connectivity index is 1.91. The zero-order chi connectivity index (χ0) is 19.6. The monoisotopic (exact) mass is 381 g/mol. The van der Waals surface area contributed by atoms with Gasteiger partial charge >= 0.3 is 12.1 Å². The Morgan fingerprint density at radius 2 is 1.81 bits per heavy atom. The first-order chi connectivity index (χ1) is 12.8. The smallest absolute Gasteiger partial charge is 0.408 e. The number of halogens is 3. The SMILES string of the molecule is NNC(=O)CCn1c(=O)oc2ccc(-c3ccc(OC(F)(F)F)cc3)cc21. The number of ether oxygens (including phenoxy) is 1. The highest BCUT2D eigenvalue weighted by atomic mass is 19.4.